The third kappa shape index (κ3) is 1.97. The summed E-state index contributed by atoms with van der Waals surface area (Å²) in [5, 5.41) is 12.5. The van der Waals surface area contributed by atoms with Crippen molar-refractivity contribution in [3.8, 4) is 0 Å². The zero-order valence-corrected chi connectivity index (χ0v) is 11.1. The van der Waals surface area contributed by atoms with Crippen LogP contribution < -0.4 is 5.32 Å². The molecule has 1 heterocycles. The van der Waals surface area contributed by atoms with E-state index in [4.69, 9.17) is 0 Å². The summed E-state index contributed by atoms with van der Waals surface area (Å²) in [6.07, 6.45) is 1.60. The fraction of sp³-hybridized carbons (Fsp3) is 0.118. The van der Waals surface area contributed by atoms with Crippen LogP contribution in [0.3, 0.4) is 0 Å². The molecule has 2 N–H and O–H groups in total. The van der Waals surface area contributed by atoms with Gasteiger partial charge >= 0.3 is 5.97 Å². The van der Waals surface area contributed by atoms with Crippen molar-refractivity contribution in [2.75, 3.05) is 0 Å². The number of hydrogen-bond acceptors (Lipinski definition) is 2. The van der Waals surface area contributed by atoms with Crippen LogP contribution in [0, 0.1) is 6.92 Å². The highest BCUT2D eigenvalue weighted by Gasteiger charge is 2.25. The van der Waals surface area contributed by atoms with Gasteiger partial charge in [-0.05, 0) is 29.2 Å². The monoisotopic (exact) mass is 265 g/mol. The molecule has 1 aliphatic rings. The largest absolute Gasteiger partial charge is 0.478 e. The highest BCUT2D eigenvalue weighted by molar-refractivity contribution is 6.16. The lowest BCUT2D eigenvalue weighted by molar-refractivity contribution is -0.130. The van der Waals surface area contributed by atoms with Crippen molar-refractivity contribution in [1.82, 2.24) is 5.32 Å². The first kappa shape index (κ1) is 12.5. The Morgan fingerprint density at radius 1 is 1.05 bits per heavy atom. The second kappa shape index (κ2) is 4.85. The number of carboxylic acids is 1. The minimum atomic E-state index is -0.909. The molecule has 0 aromatic heterocycles. The number of benzene rings is 2. The number of carboxylic acid groups (broad SMARTS) is 1. The van der Waals surface area contributed by atoms with Gasteiger partial charge in [0.1, 0.15) is 0 Å². The lowest BCUT2D eigenvalue weighted by Crippen LogP contribution is -2.25. The predicted molar refractivity (Wildman–Crippen MR) is 78.2 cm³/mol. The first-order valence-electron chi connectivity index (χ1n) is 6.53. The Kier molecular flexibility index (Phi) is 3.03. The van der Waals surface area contributed by atoms with Crippen LogP contribution in [-0.4, -0.2) is 11.1 Å². The average Bonchev–Trinajstić information content (AvgIpc) is 2.46. The first-order valence-corrected chi connectivity index (χ1v) is 6.53. The zero-order valence-electron chi connectivity index (χ0n) is 11.1. The van der Waals surface area contributed by atoms with E-state index in [1.807, 2.05) is 36.4 Å². The molecule has 100 valence electrons. The first-order chi connectivity index (χ1) is 9.68. The van der Waals surface area contributed by atoms with E-state index in [0.717, 1.165) is 11.1 Å². The van der Waals surface area contributed by atoms with Crippen LogP contribution in [0.1, 0.15) is 28.3 Å². The number of hydrogen-bond donors (Lipinski definition) is 2. The Balaban J connectivity index is 2.14. The van der Waals surface area contributed by atoms with Crippen molar-refractivity contribution >= 4 is 11.5 Å². The number of nitrogens with one attached hydrogen (secondary N) is 1. The van der Waals surface area contributed by atoms with Crippen LogP contribution in [-0.2, 0) is 4.79 Å². The minimum Gasteiger partial charge on any atom is -0.478 e. The van der Waals surface area contributed by atoms with E-state index in [-0.39, 0.29) is 6.04 Å². The van der Waals surface area contributed by atoms with Gasteiger partial charge in [-0.3, -0.25) is 0 Å². The molecule has 3 rings (SSSR count). The van der Waals surface area contributed by atoms with Crippen LogP contribution in [0.2, 0.25) is 0 Å². The molecule has 3 heteroatoms. The van der Waals surface area contributed by atoms with E-state index < -0.39 is 5.97 Å². The number of carbonyl (C=O) groups is 1. The van der Waals surface area contributed by atoms with Gasteiger partial charge in [0.05, 0.1) is 11.6 Å². The summed E-state index contributed by atoms with van der Waals surface area (Å²) >= 11 is 0. The summed E-state index contributed by atoms with van der Waals surface area (Å²) in [6, 6.07) is 15.8. The van der Waals surface area contributed by atoms with Crippen molar-refractivity contribution in [2.45, 2.75) is 13.0 Å². The van der Waals surface area contributed by atoms with Crippen LogP contribution in [0.5, 0.6) is 0 Å². The lowest BCUT2D eigenvalue weighted by Gasteiger charge is -2.27. The summed E-state index contributed by atoms with van der Waals surface area (Å²) in [6.45, 7) is 2.07. The quantitative estimate of drug-likeness (QED) is 0.877. The molecular weight excluding hydrogens is 250 g/mol. The molecule has 1 atom stereocenters. The Bertz CT molecular complexity index is 704. The Labute approximate surface area is 117 Å². The van der Waals surface area contributed by atoms with Gasteiger partial charge in [0, 0.05) is 6.20 Å². The molecule has 2 aromatic rings. The minimum absolute atomic E-state index is 0.00417. The second-order valence-electron chi connectivity index (χ2n) is 4.91. The highest BCUT2D eigenvalue weighted by Crippen LogP contribution is 2.34. The maximum atomic E-state index is 11.3. The van der Waals surface area contributed by atoms with Crippen molar-refractivity contribution in [2.24, 2.45) is 0 Å². The Morgan fingerprint density at radius 2 is 1.70 bits per heavy atom. The molecule has 0 amide bonds. The van der Waals surface area contributed by atoms with Crippen LogP contribution in [0.25, 0.3) is 5.57 Å². The molecule has 0 radical (unpaired) electrons. The summed E-state index contributed by atoms with van der Waals surface area (Å²) in [7, 11) is 0. The van der Waals surface area contributed by atoms with E-state index in [0.29, 0.717) is 5.57 Å². The maximum Gasteiger partial charge on any atom is 0.337 e. The molecule has 0 aliphatic carbocycles. The van der Waals surface area contributed by atoms with Crippen molar-refractivity contribution in [1.29, 1.82) is 0 Å². The van der Waals surface area contributed by atoms with E-state index in [1.165, 1.54) is 11.1 Å². The topological polar surface area (TPSA) is 49.3 Å². The molecule has 0 bridgehead atoms. The molecule has 3 nitrogen and oxygen atoms in total. The fourth-order valence-electron chi connectivity index (χ4n) is 2.67. The van der Waals surface area contributed by atoms with Gasteiger partial charge in [-0.25, -0.2) is 4.79 Å². The Hall–Kier alpha value is -2.55. The van der Waals surface area contributed by atoms with Gasteiger partial charge in [0.25, 0.3) is 0 Å². The lowest BCUT2D eigenvalue weighted by atomic mass is 9.87. The zero-order chi connectivity index (χ0) is 14.1. The van der Waals surface area contributed by atoms with Gasteiger partial charge < -0.3 is 10.4 Å². The second-order valence-corrected chi connectivity index (χ2v) is 4.91. The van der Waals surface area contributed by atoms with Gasteiger partial charge in [-0.2, -0.15) is 0 Å². The molecule has 0 fully saturated rings. The molecule has 0 saturated carbocycles. The van der Waals surface area contributed by atoms with E-state index >= 15 is 0 Å². The van der Waals surface area contributed by atoms with E-state index in [2.05, 4.69) is 24.4 Å². The number of aliphatic carboxylic acids is 1. The van der Waals surface area contributed by atoms with Gasteiger partial charge in [-0.1, -0.05) is 48.5 Å². The third-order valence-corrected chi connectivity index (χ3v) is 3.69. The van der Waals surface area contributed by atoms with Gasteiger partial charge in [0.2, 0.25) is 0 Å². The van der Waals surface area contributed by atoms with Crippen LogP contribution in [0.15, 0.2) is 54.7 Å². The molecule has 1 aliphatic heterocycles. The fourth-order valence-corrected chi connectivity index (χ4v) is 2.67. The third-order valence-electron chi connectivity index (χ3n) is 3.69. The number of rotatable bonds is 2. The molecule has 2 aromatic carbocycles. The van der Waals surface area contributed by atoms with Gasteiger partial charge in [0.15, 0.2) is 0 Å². The normalized spacial score (nSPS) is 16.9. The predicted octanol–water partition coefficient (Wildman–Crippen LogP) is 3.11. The maximum absolute atomic E-state index is 11.3. The summed E-state index contributed by atoms with van der Waals surface area (Å²) in [4.78, 5) is 11.3. The van der Waals surface area contributed by atoms with Crippen LogP contribution >= 0.6 is 0 Å². The van der Waals surface area contributed by atoms with E-state index in [1.54, 1.807) is 6.20 Å². The van der Waals surface area contributed by atoms with E-state index in [9.17, 15) is 9.90 Å². The SMILES string of the molecule is Cc1ccccc1C1NC=C(C(=O)O)c2ccccc21. The number of fused-ring (bicyclic) bond motifs is 1. The summed E-state index contributed by atoms with van der Waals surface area (Å²) in [5.74, 6) is -0.909. The molecule has 1 unspecified atom stereocenters. The van der Waals surface area contributed by atoms with Crippen molar-refractivity contribution < 1.29 is 9.90 Å². The average molecular weight is 265 g/mol. The molecule has 20 heavy (non-hydrogen) atoms. The smallest absolute Gasteiger partial charge is 0.337 e. The molecular formula is C17H15NO2. The standard InChI is InChI=1S/C17H15NO2/c1-11-6-2-3-7-12(11)16-14-9-5-4-8-13(14)15(10-18-16)17(19)20/h2-10,16,18H,1H3,(H,19,20). The van der Waals surface area contributed by atoms with Crippen molar-refractivity contribution in [3.63, 3.8) is 0 Å². The number of aryl methyl sites for hydroxylation is 1. The van der Waals surface area contributed by atoms with Crippen LogP contribution in [0.4, 0.5) is 0 Å². The summed E-state index contributed by atoms with van der Waals surface area (Å²) in [5.41, 5.74) is 4.45. The molecule has 0 saturated heterocycles. The Morgan fingerprint density at radius 3 is 2.40 bits per heavy atom. The highest BCUT2D eigenvalue weighted by atomic mass is 16.4. The van der Waals surface area contributed by atoms with Crippen molar-refractivity contribution in [3.05, 3.63) is 77.0 Å². The summed E-state index contributed by atoms with van der Waals surface area (Å²) < 4.78 is 0. The molecule has 0 spiro atoms. The van der Waals surface area contributed by atoms with Gasteiger partial charge in [-0.15, -0.1) is 0 Å².